The van der Waals surface area contributed by atoms with Crippen molar-refractivity contribution in [3.63, 3.8) is 0 Å². The van der Waals surface area contributed by atoms with Gasteiger partial charge in [-0.25, -0.2) is 0 Å². The molecule has 1 N–H and O–H groups in total. The lowest BCUT2D eigenvalue weighted by atomic mass is 10.3. The van der Waals surface area contributed by atoms with Crippen molar-refractivity contribution in [1.82, 2.24) is 4.98 Å². The van der Waals surface area contributed by atoms with Gasteiger partial charge in [0.15, 0.2) is 5.69 Å². The molecule has 1 aromatic heterocycles. The third-order valence-corrected chi connectivity index (χ3v) is 1.72. The zero-order chi connectivity index (χ0) is 15.0. The number of halogens is 6. The molecule has 0 atom stereocenters. The Hall–Kier alpha value is -2.27. The number of pyridine rings is 1. The highest BCUT2D eigenvalue weighted by Gasteiger charge is 2.43. The fraction of sp³-hybridized carbons (Fsp3) is 0.286. The van der Waals surface area contributed by atoms with Crippen molar-refractivity contribution in [3.05, 3.63) is 32.2 Å². The zero-order valence-corrected chi connectivity index (χ0v) is 8.43. The number of ether oxygens (including phenoxy) is 1. The number of H-pyrrole nitrogens is 1. The Kier molecular flexibility index (Phi) is 3.45. The topological polar surface area (TPSA) is 85.2 Å². The lowest BCUT2D eigenvalue weighted by molar-refractivity contribution is -0.386. The van der Waals surface area contributed by atoms with Gasteiger partial charge in [-0.05, 0) is 0 Å². The average Bonchev–Trinajstić information content (AvgIpc) is 2.16. The van der Waals surface area contributed by atoms with Crippen LogP contribution < -0.4 is 10.2 Å². The van der Waals surface area contributed by atoms with E-state index in [1.165, 1.54) is 4.98 Å². The summed E-state index contributed by atoms with van der Waals surface area (Å²) in [6, 6.07) is 0. The van der Waals surface area contributed by atoms with Gasteiger partial charge < -0.3 is 9.72 Å². The van der Waals surface area contributed by atoms with Crippen LogP contribution in [0.25, 0.3) is 0 Å². The molecule has 0 aliphatic heterocycles. The average molecular weight is 292 g/mol. The molecule has 0 bridgehead atoms. The number of nitrogens with zero attached hydrogens (tertiary/aromatic N) is 1. The second kappa shape index (κ2) is 4.44. The minimum Gasteiger partial charge on any atom is -0.399 e. The number of aromatic amines is 1. The van der Waals surface area contributed by atoms with Gasteiger partial charge in [-0.2, -0.15) is 13.2 Å². The van der Waals surface area contributed by atoms with E-state index in [1.54, 1.807) is 0 Å². The molecule has 106 valence electrons. The normalized spacial score (nSPS) is 12.3. The van der Waals surface area contributed by atoms with Gasteiger partial charge >= 0.3 is 23.7 Å². The number of hydrogen-bond acceptors (Lipinski definition) is 4. The molecule has 0 spiro atoms. The standard InChI is InChI=1S/C7H2F6N2O4/c8-6(9,10)5-4(19-7(11,12)13)3(16)2(1-14-5)15(17)18/h1H,(H,14,16). The van der Waals surface area contributed by atoms with Gasteiger partial charge in [-0.15, -0.1) is 13.2 Å². The molecule has 1 rings (SSSR count). The third kappa shape index (κ3) is 3.35. The van der Waals surface area contributed by atoms with E-state index in [4.69, 9.17) is 0 Å². The molecular formula is C7H2F6N2O4. The number of hydrogen-bond donors (Lipinski definition) is 1. The molecule has 6 nitrogen and oxygen atoms in total. The van der Waals surface area contributed by atoms with Crippen molar-refractivity contribution < 1.29 is 36.0 Å². The van der Waals surface area contributed by atoms with Crippen molar-refractivity contribution in [2.75, 3.05) is 0 Å². The van der Waals surface area contributed by atoms with Gasteiger partial charge in [0.2, 0.25) is 5.75 Å². The Morgan fingerprint density at radius 2 is 1.74 bits per heavy atom. The molecule has 12 heteroatoms. The Morgan fingerprint density at radius 1 is 1.21 bits per heavy atom. The second-order valence-corrected chi connectivity index (χ2v) is 3.01. The Balaban J connectivity index is 3.56. The number of aromatic nitrogens is 1. The molecule has 0 aliphatic carbocycles. The summed E-state index contributed by atoms with van der Waals surface area (Å²) in [5.74, 6) is -2.23. The minimum absolute atomic E-state index is 0.0361. The SMILES string of the molecule is O=c1c([N+](=O)[O-])c[nH]c(C(F)(F)F)c1OC(F)(F)F. The lowest BCUT2D eigenvalue weighted by Crippen LogP contribution is -2.27. The van der Waals surface area contributed by atoms with Gasteiger partial charge in [0.05, 0.1) is 11.1 Å². The first-order chi connectivity index (χ1) is 8.43. The summed E-state index contributed by atoms with van der Waals surface area (Å²) in [5.41, 5.74) is -5.80. The van der Waals surface area contributed by atoms with Crippen LogP contribution in [0.4, 0.5) is 32.0 Å². The van der Waals surface area contributed by atoms with E-state index in [0.29, 0.717) is 0 Å². The largest absolute Gasteiger partial charge is 0.573 e. The summed E-state index contributed by atoms with van der Waals surface area (Å²) in [6.45, 7) is 0. The summed E-state index contributed by atoms with van der Waals surface area (Å²) in [5, 5.41) is 10.3. The summed E-state index contributed by atoms with van der Waals surface area (Å²) < 4.78 is 75.7. The predicted octanol–water partition coefficient (Wildman–Crippen LogP) is 2.20. The van der Waals surface area contributed by atoms with E-state index in [2.05, 4.69) is 4.74 Å². The molecule has 0 unspecified atom stereocenters. The highest BCUT2D eigenvalue weighted by molar-refractivity contribution is 5.40. The summed E-state index contributed by atoms with van der Waals surface area (Å²) in [7, 11) is 0. The maximum atomic E-state index is 12.3. The quantitative estimate of drug-likeness (QED) is 0.514. The van der Waals surface area contributed by atoms with Crippen LogP contribution in [-0.2, 0) is 6.18 Å². The van der Waals surface area contributed by atoms with E-state index < -0.39 is 40.0 Å². The third-order valence-electron chi connectivity index (χ3n) is 1.72. The van der Waals surface area contributed by atoms with E-state index in [9.17, 15) is 41.3 Å². The fourth-order valence-corrected chi connectivity index (χ4v) is 1.06. The maximum Gasteiger partial charge on any atom is 0.573 e. The van der Waals surface area contributed by atoms with Crippen molar-refractivity contribution in [2.24, 2.45) is 0 Å². The van der Waals surface area contributed by atoms with Gasteiger partial charge in [0.1, 0.15) is 0 Å². The van der Waals surface area contributed by atoms with E-state index in [0.717, 1.165) is 0 Å². The van der Waals surface area contributed by atoms with Crippen LogP contribution in [0.2, 0.25) is 0 Å². The Bertz CT molecular complexity index is 560. The molecule has 0 amide bonds. The summed E-state index contributed by atoms with van der Waals surface area (Å²) in [4.78, 5) is 21.2. The second-order valence-electron chi connectivity index (χ2n) is 3.01. The smallest absolute Gasteiger partial charge is 0.399 e. The number of alkyl halides is 6. The van der Waals surface area contributed by atoms with Gasteiger partial charge in [-0.3, -0.25) is 14.9 Å². The van der Waals surface area contributed by atoms with Crippen molar-refractivity contribution in [3.8, 4) is 5.75 Å². The van der Waals surface area contributed by atoms with Crippen LogP contribution in [-0.4, -0.2) is 16.3 Å². The van der Waals surface area contributed by atoms with Crippen LogP contribution in [0, 0.1) is 10.1 Å². The van der Waals surface area contributed by atoms with E-state index in [1.807, 2.05) is 0 Å². The molecule has 0 radical (unpaired) electrons. The fourth-order valence-electron chi connectivity index (χ4n) is 1.06. The Morgan fingerprint density at radius 3 is 2.11 bits per heavy atom. The first-order valence-electron chi connectivity index (χ1n) is 4.16. The van der Waals surface area contributed by atoms with Crippen molar-refractivity contribution >= 4 is 5.69 Å². The van der Waals surface area contributed by atoms with Crippen molar-refractivity contribution in [1.29, 1.82) is 0 Å². The number of nitro groups is 1. The van der Waals surface area contributed by atoms with Crippen molar-refractivity contribution in [2.45, 2.75) is 12.5 Å². The van der Waals surface area contributed by atoms with Gasteiger partial charge in [0, 0.05) is 0 Å². The van der Waals surface area contributed by atoms with Crippen LogP contribution in [0.1, 0.15) is 5.69 Å². The molecule has 1 heterocycles. The summed E-state index contributed by atoms with van der Waals surface area (Å²) >= 11 is 0. The minimum atomic E-state index is -5.61. The number of nitrogens with one attached hydrogen (secondary N) is 1. The highest BCUT2D eigenvalue weighted by Crippen LogP contribution is 2.35. The molecule has 0 aliphatic rings. The molecule has 0 saturated heterocycles. The first kappa shape index (κ1) is 14.8. The highest BCUT2D eigenvalue weighted by atomic mass is 19.4. The maximum absolute atomic E-state index is 12.3. The van der Waals surface area contributed by atoms with Crippen LogP contribution in [0.15, 0.2) is 11.0 Å². The van der Waals surface area contributed by atoms with E-state index in [-0.39, 0.29) is 6.20 Å². The molecular weight excluding hydrogens is 290 g/mol. The predicted molar refractivity (Wildman–Crippen MR) is 45.4 cm³/mol. The van der Waals surface area contributed by atoms with E-state index >= 15 is 0 Å². The zero-order valence-electron chi connectivity index (χ0n) is 8.43. The molecule has 1 aromatic rings. The first-order valence-corrected chi connectivity index (χ1v) is 4.16. The number of rotatable bonds is 2. The van der Waals surface area contributed by atoms with Gasteiger partial charge in [-0.1, -0.05) is 0 Å². The molecule has 0 aromatic carbocycles. The monoisotopic (exact) mass is 292 g/mol. The van der Waals surface area contributed by atoms with Crippen LogP contribution >= 0.6 is 0 Å². The van der Waals surface area contributed by atoms with Gasteiger partial charge in [0.25, 0.3) is 0 Å². The Labute approximate surface area is 98.3 Å². The molecule has 0 fully saturated rings. The van der Waals surface area contributed by atoms with Crippen LogP contribution in [0.3, 0.4) is 0 Å². The lowest BCUT2D eigenvalue weighted by Gasteiger charge is -2.13. The summed E-state index contributed by atoms with van der Waals surface area (Å²) in [6.07, 6.45) is -11.0. The molecule has 19 heavy (non-hydrogen) atoms. The molecule has 0 saturated carbocycles. The van der Waals surface area contributed by atoms with Crippen LogP contribution in [0.5, 0.6) is 5.75 Å².